The van der Waals surface area contributed by atoms with Crippen molar-refractivity contribution in [1.29, 1.82) is 0 Å². The number of carbonyl (C=O) groups excluding carboxylic acids is 1. The van der Waals surface area contributed by atoms with Crippen molar-refractivity contribution in [1.82, 2.24) is 20.1 Å². The summed E-state index contributed by atoms with van der Waals surface area (Å²) >= 11 is 14.6. The van der Waals surface area contributed by atoms with Gasteiger partial charge >= 0.3 is 0 Å². The second-order valence-corrected chi connectivity index (χ2v) is 15.7. The van der Waals surface area contributed by atoms with Gasteiger partial charge in [-0.2, -0.15) is 0 Å². The molecule has 1 N–H and O–H groups in total. The number of nitrogens with zero attached hydrogens (tertiary/aromatic N) is 3. The first kappa shape index (κ1) is 33.2. The molecule has 264 valence electrons. The van der Waals surface area contributed by atoms with Crippen LogP contribution < -0.4 is 14.8 Å². The van der Waals surface area contributed by atoms with Gasteiger partial charge in [0.25, 0.3) is 0 Å². The fraction of sp³-hybridized carbons (Fsp3) is 0.415. The van der Waals surface area contributed by atoms with Gasteiger partial charge in [0.1, 0.15) is 5.75 Å². The minimum atomic E-state index is 0.0747. The highest BCUT2D eigenvalue weighted by atomic mass is 35.5. The van der Waals surface area contributed by atoms with Gasteiger partial charge in [-0.05, 0) is 54.5 Å². The Kier molecular flexibility index (Phi) is 8.32. The quantitative estimate of drug-likeness (QED) is 0.201. The number of benzene rings is 3. The third kappa shape index (κ3) is 5.45. The summed E-state index contributed by atoms with van der Waals surface area (Å²) in [6.07, 6.45) is 4.95. The summed E-state index contributed by atoms with van der Waals surface area (Å²) in [5.74, 6) is 1.72. The maximum absolute atomic E-state index is 11.9. The van der Waals surface area contributed by atoms with E-state index in [9.17, 15) is 4.79 Å². The van der Waals surface area contributed by atoms with Crippen LogP contribution in [0.5, 0.6) is 11.6 Å². The molecule has 1 spiro atoms. The van der Waals surface area contributed by atoms with E-state index in [0.29, 0.717) is 34.5 Å². The zero-order valence-corrected chi connectivity index (χ0v) is 30.7. The fourth-order valence-corrected chi connectivity index (χ4v) is 10.1. The molecule has 4 aromatic rings. The van der Waals surface area contributed by atoms with Crippen molar-refractivity contribution in [3.05, 3.63) is 86.9 Å². The Morgan fingerprint density at radius 3 is 2.10 bits per heavy atom. The lowest BCUT2D eigenvalue weighted by Gasteiger charge is -2.50. The van der Waals surface area contributed by atoms with Crippen LogP contribution in [0.1, 0.15) is 53.6 Å². The standard InChI is InChI=1S/C41H42Cl2N4O4/c1-49-26-18-46(19-26)32-12-10-23-14-25(16-34(50-2)36(23)32)27-6-4-7-28(38(27)42)29-8-5-9-30(39(29)43)31-15-24-11-13-33(37(24)40(45-31)51-3)47-21-41(22-47)17-35(48)44-20-41/h4-9,14-16,26,32-33H,10-13,17-22H2,1-3H3,(H,44,48)/t32-,33+/m1/s1. The first-order valence-electron chi connectivity index (χ1n) is 17.9. The third-order valence-electron chi connectivity index (χ3n) is 12.0. The topological polar surface area (TPSA) is 76.2 Å². The Bertz CT molecular complexity index is 2060. The molecule has 0 bridgehead atoms. The number of pyridine rings is 1. The predicted octanol–water partition coefficient (Wildman–Crippen LogP) is 7.53. The van der Waals surface area contributed by atoms with Crippen LogP contribution in [0.15, 0.2) is 54.6 Å². The Labute approximate surface area is 309 Å². The van der Waals surface area contributed by atoms with Crippen LogP contribution in [0.2, 0.25) is 10.0 Å². The lowest BCUT2D eigenvalue weighted by Crippen LogP contribution is -2.58. The van der Waals surface area contributed by atoms with Crippen molar-refractivity contribution in [3.63, 3.8) is 0 Å². The van der Waals surface area contributed by atoms with E-state index in [4.69, 9.17) is 42.4 Å². The molecule has 3 aliphatic heterocycles. The molecule has 3 fully saturated rings. The number of ether oxygens (including phenoxy) is 3. The summed E-state index contributed by atoms with van der Waals surface area (Å²) in [5.41, 5.74) is 10.4. The molecule has 9 rings (SSSR count). The highest BCUT2D eigenvalue weighted by Crippen LogP contribution is 2.51. The molecule has 1 amide bonds. The monoisotopic (exact) mass is 724 g/mol. The molecule has 5 aliphatic rings. The fourth-order valence-electron chi connectivity index (χ4n) is 9.42. The smallest absolute Gasteiger partial charge is 0.220 e. The summed E-state index contributed by atoms with van der Waals surface area (Å²) < 4.78 is 17.5. The van der Waals surface area contributed by atoms with Gasteiger partial charge in [0, 0.05) is 97.1 Å². The Hall–Kier alpha value is -3.66. The molecule has 51 heavy (non-hydrogen) atoms. The minimum Gasteiger partial charge on any atom is -0.496 e. The van der Waals surface area contributed by atoms with E-state index >= 15 is 0 Å². The molecule has 3 aromatic carbocycles. The van der Waals surface area contributed by atoms with Crippen LogP contribution in [-0.4, -0.2) is 80.8 Å². The van der Waals surface area contributed by atoms with Crippen molar-refractivity contribution in [2.75, 3.05) is 54.1 Å². The SMILES string of the molecule is COc1cc(-c2cccc(-c3cccc(-c4cc5c(c(OC)n4)[C@@H](N4CC6(CNC(=O)C6)C4)CC5)c3Cl)c2Cl)cc2c1[C@H](N1CC(OC)C1)CC2. The molecular weight excluding hydrogens is 683 g/mol. The van der Waals surface area contributed by atoms with Crippen molar-refractivity contribution in [2.45, 2.75) is 50.3 Å². The molecule has 2 atom stereocenters. The van der Waals surface area contributed by atoms with Crippen molar-refractivity contribution < 1.29 is 19.0 Å². The number of nitrogens with one attached hydrogen (secondary N) is 1. The van der Waals surface area contributed by atoms with Crippen LogP contribution in [0.4, 0.5) is 0 Å². The summed E-state index contributed by atoms with van der Waals surface area (Å²) in [4.78, 5) is 21.9. The first-order valence-corrected chi connectivity index (χ1v) is 18.7. The number of amides is 1. The van der Waals surface area contributed by atoms with Crippen molar-refractivity contribution in [3.8, 4) is 45.1 Å². The number of methoxy groups -OCH3 is 3. The van der Waals surface area contributed by atoms with Gasteiger partial charge in [0.2, 0.25) is 11.8 Å². The molecule has 0 unspecified atom stereocenters. The molecule has 1 aromatic heterocycles. The van der Waals surface area contributed by atoms with E-state index in [2.05, 4.69) is 39.4 Å². The van der Waals surface area contributed by atoms with E-state index in [1.165, 1.54) is 16.7 Å². The summed E-state index contributed by atoms with van der Waals surface area (Å²) in [7, 11) is 5.24. The van der Waals surface area contributed by atoms with Gasteiger partial charge in [-0.15, -0.1) is 0 Å². The Morgan fingerprint density at radius 1 is 0.804 bits per heavy atom. The summed E-state index contributed by atoms with van der Waals surface area (Å²) in [5, 5.41) is 4.26. The van der Waals surface area contributed by atoms with Crippen molar-refractivity contribution in [2.24, 2.45) is 5.41 Å². The second-order valence-electron chi connectivity index (χ2n) is 15.0. The minimum absolute atomic E-state index is 0.0747. The lowest BCUT2D eigenvalue weighted by atomic mass is 9.77. The summed E-state index contributed by atoms with van der Waals surface area (Å²) in [6.45, 7) is 4.51. The van der Waals surface area contributed by atoms with Crippen molar-refractivity contribution >= 4 is 29.1 Å². The summed E-state index contributed by atoms with van der Waals surface area (Å²) in [6, 6.07) is 19.4. The number of hydrogen-bond acceptors (Lipinski definition) is 7. The van der Waals surface area contributed by atoms with E-state index in [-0.39, 0.29) is 17.4 Å². The molecule has 0 radical (unpaired) electrons. The van der Waals surface area contributed by atoms with Gasteiger partial charge in [-0.1, -0.05) is 65.7 Å². The zero-order valence-electron chi connectivity index (χ0n) is 29.2. The number of carbonyl (C=O) groups is 1. The van der Waals surface area contributed by atoms with Gasteiger partial charge in [-0.25, -0.2) is 4.98 Å². The number of halogens is 2. The number of aromatic nitrogens is 1. The maximum atomic E-state index is 11.9. The highest BCUT2D eigenvalue weighted by Gasteiger charge is 2.51. The Balaban J connectivity index is 1.02. The van der Waals surface area contributed by atoms with Crippen LogP contribution in [0.3, 0.4) is 0 Å². The number of likely N-dealkylation sites (tertiary alicyclic amines) is 2. The first-order chi connectivity index (χ1) is 24.8. The van der Waals surface area contributed by atoms with E-state index in [1.54, 1.807) is 21.3 Å². The average Bonchev–Trinajstić information content (AvgIpc) is 3.84. The maximum Gasteiger partial charge on any atom is 0.220 e. The van der Waals surface area contributed by atoms with Gasteiger partial charge in [0.05, 0.1) is 36.1 Å². The molecule has 0 saturated carbocycles. The highest BCUT2D eigenvalue weighted by molar-refractivity contribution is 6.39. The number of fused-ring (bicyclic) bond motifs is 2. The largest absolute Gasteiger partial charge is 0.496 e. The zero-order chi connectivity index (χ0) is 35.0. The van der Waals surface area contributed by atoms with Gasteiger partial charge < -0.3 is 19.5 Å². The van der Waals surface area contributed by atoms with Crippen LogP contribution in [0, 0.1) is 5.41 Å². The average molecular weight is 726 g/mol. The van der Waals surface area contributed by atoms with Crippen LogP contribution in [-0.2, 0) is 22.4 Å². The van der Waals surface area contributed by atoms with Crippen LogP contribution >= 0.6 is 23.2 Å². The van der Waals surface area contributed by atoms with Gasteiger partial charge in [-0.3, -0.25) is 14.6 Å². The van der Waals surface area contributed by atoms with Crippen LogP contribution in [0.25, 0.3) is 33.5 Å². The van der Waals surface area contributed by atoms with E-state index in [1.807, 2.05) is 30.3 Å². The lowest BCUT2D eigenvalue weighted by molar-refractivity contribution is -0.121. The second kappa shape index (κ2) is 12.8. The van der Waals surface area contributed by atoms with E-state index < -0.39 is 0 Å². The third-order valence-corrected chi connectivity index (χ3v) is 12.8. The van der Waals surface area contributed by atoms with Gasteiger partial charge in [0.15, 0.2) is 0 Å². The molecule has 10 heteroatoms. The van der Waals surface area contributed by atoms with E-state index in [0.717, 1.165) is 103 Å². The molecule has 4 heterocycles. The normalized spacial score (nSPS) is 22.4. The Morgan fingerprint density at radius 2 is 1.45 bits per heavy atom. The molecule has 2 aliphatic carbocycles. The molecular formula is C41H42Cl2N4O4. The molecule has 3 saturated heterocycles. The predicted molar refractivity (Wildman–Crippen MR) is 200 cm³/mol. The number of hydrogen-bond donors (Lipinski definition) is 1. The number of aryl methyl sites for hydroxylation is 2. The molecule has 8 nitrogen and oxygen atoms in total. The number of rotatable bonds is 8.